The number of ether oxygens (including phenoxy) is 2. The molecule has 2 amide bonds. The third-order valence-corrected chi connectivity index (χ3v) is 5.54. The van der Waals surface area contributed by atoms with Crippen molar-refractivity contribution in [3.63, 3.8) is 0 Å². The van der Waals surface area contributed by atoms with Gasteiger partial charge in [0.25, 0.3) is 0 Å². The Morgan fingerprint density at radius 2 is 2.08 bits per heavy atom. The van der Waals surface area contributed by atoms with Crippen LogP contribution in [0.15, 0.2) is 12.4 Å². The summed E-state index contributed by atoms with van der Waals surface area (Å²) in [7, 11) is 4.34. The van der Waals surface area contributed by atoms with E-state index >= 15 is 0 Å². The summed E-state index contributed by atoms with van der Waals surface area (Å²) in [5, 5.41) is 3.24. The molecule has 9 nitrogen and oxygen atoms in total. The van der Waals surface area contributed by atoms with Gasteiger partial charge in [0.2, 0.25) is 11.8 Å². The molecule has 4 atom stereocenters. The molecular formula is C17H24N4O5. The van der Waals surface area contributed by atoms with Crippen LogP contribution in [0.2, 0.25) is 0 Å². The number of carbonyl (C=O) groups excluding carboxylic acids is 3. The zero-order chi connectivity index (χ0) is 19.1. The van der Waals surface area contributed by atoms with Crippen molar-refractivity contribution >= 4 is 17.8 Å². The van der Waals surface area contributed by atoms with Crippen LogP contribution in [-0.2, 0) is 30.4 Å². The summed E-state index contributed by atoms with van der Waals surface area (Å²) in [6, 6.07) is -0.563. The van der Waals surface area contributed by atoms with Gasteiger partial charge in [-0.15, -0.1) is 0 Å². The minimum absolute atomic E-state index is 0.307. The number of aromatic nitrogens is 2. The van der Waals surface area contributed by atoms with Crippen LogP contribution in [0.1, 0.15) is 25.2 Å². The van der Waals surface area contributed by atoms with Gasteiger partial charge in [-0.1, -0.05) is 6.92 Å². The molecule has 1 aromatic rings. The summed E-state index contributed by atoms with van der Waals surface area (Å²) in [5.41, 5.74) is -1.25. The van der Waals surface area contributed by atoms with Crippen LogP contribution in [0, 0.1) is 11.8 Å². The molecule has 3 rings (SSSR count). The first kappa shape index (κ1) is 18.5. The molecule has 2 saturated heterocycles. The molecule has 2 aliphatic heterocycles. The van der Waals surface area contributed by atoms with E-state index in [1.165, 1.54) is 14.2 Å². The van der Waals surface area contributed by atoms with Crippen LogP contribution in [-0.4, -0.2) is 65.6 Å². The SMILES string of the molecule is CC[C@@]1(C(=O)OC)N[C@H](c2nccn2CCOC)[C@@H]2C(=O)N(C)C(=O)[C@@H]21. The fourth-order valence-corrected chi connectivity index (χ4v) is 4.18. The summed E-state index contributed by atoms with van der Waals surface area (Å²) >= 11 is 0. The lowest BCUT2D eigenvalue weighted by Crippen LogP contribution is -2.55. The van der Waals surface area contributed by atoms with Gasteiger partial charge in [0.15, 0.2) is 0 Å². The summed E-state index contributed by atoms with van der Waals surface area (Å²) in [5.74, 6) is -2.11. The number of amides is 2. The molecule has 2 aliphatic rings. The lowest BCUT2D eigenvalue weighted by atomic mass is 9.78. The van der Waals surface area contributed by atoms with Crippen LogP contribution in [0.25, 0.3) is 0 Å². The van der Waals surface area contributed by atoms with E-state index in [2.05, 4.69) is 10.3 Å². The third kappa shape index (κ3) is 2.45. The number of esters is 1. The molecule has 0 radical (unpaired) electrons. The van der Waals surface area contributed by atoms with Gasteiger partial charge in [-0.25, -0.2) is 4.98 Å². The number of nitrogens with zero attached hydrogens (tertiary/aromatic N) is 3. The smallest absolute Gasteiger partial charge is 0.326 e. The average molecular weight is 364 g/mol. The Hall–Kier alpha value is -2.26. The van der Waals surface area contributed by atoms with Crippen molar-refractivity contribution in [2.45, 2.75) is 31.5 Å². The second kappa shape index (κ2) is 6.81. The molecule has 2 fully saturated rings. The van der Waals surface area contributed by atoms with Crippen molar-refractivity contribution < 1.29 is 23.9 Å². The van der Waals surface area contributed by atoms with Gasteiger partial charge in [0, 0.05) is 33.1 Å². The number of rotatable bonds is 6. The molecule has 0 unspecified atom stereocenters. The molecule has 0 spiro atoms. The molecule has 3 heterocycles. The van der Waals surface area contributed by atoms with Crippen molar-refractivity contribution in [1.29, 1.82) is 0 Å². The van der Waals surface area contributed by atoms with Crippen LogP contribution in [0.4, 0.5) is 0 Å². The minimum Gasteiger partial charge on any atom is -0.468 e. The maximum Gasteiger partial charge on any atom is 0.326 e. The highest BCUT2D eigenvalue weighted by Gasteiger charge is 2.68. The number of carbonyl (C=O) groups is 3. The van der Waals surface area contributed by atoms with Crippen LogP contribution < -0.4 is 5.32 Å². The van der Waals surface area contributed by atoms with Gasteiger partial charge < -0.3 is 14.0 Å². The molecule has 0 aromatic carbocycles. The lowest BCUT2D eigenvalue weighted by molar-refractivity contribution is -0.154. The van der Waals surface area contributed by atoms with E-state index in [4.69, 9.17) is 9.47 Å². The van der Waals surface area contributed by atoms with E-state index in [0.717, 1.165) is 4.90 Å². The summed E-state index contributed by atoms with van der Waals surface area (Å²) < 4.78 is 12.0. The highest BCUT2D eigenvalue weighted by Crippen LogP contribution is 2.49. The number of likely N-dealkylation sites (tertiary alicyclic amines) is 1. The molecule has 0 bridgehead atoms. The Labute approximate surface area is 151 Å². The second-order valence-corrected chi connectivity index (χ2v) is 6.65. The molecule has 1 N–H and O–H groups in total. The van der Waals surface area contributed by atoms with Crippen molar-refractivity contribution in [2.24, 2.45) is 11.8 Å². The molecule has 9 heteroatoms. The molecule has 142 valence electrons. The quantitative estimate of drug-likeness (QED) is 0.547. The van der Waals surface area contributed by atoms with Gasteiger partial charge in [0.1, 0.15) is 11.4 Å². The number of methoxy groups -OCH3 is 2. The fourth-order valence-electron chi connectivity index (χ4n) is 4.18. The third-order valence-electron chi connectivity index (χ3n) is 5.54. The van der Waals surface area contributed by atoms with Gasteiger partial charge in [-0.3, -0.25) is 24.6 Å². The standard InChI is InChI=1S/C17H24N4O5/c1-5-17(16(24)26-4)11-10(14(22)20(2)15(11)23)12(19-17)13-18-6-7-21(13)8-9-25-3/h6-7,10-12,19H,5,8-9H2,1-4H3/t10-,11-,12+,17-/m1/s1. The van der Waals surface area contributed by atoms with Crippen LogP contribution in [0.3, 0.4) is 0 Å². The zero-order valence-electron chi connectivity index (χ0n) is 15.4. The van der Waals surface area contributed by atoms with E-state index in [-0.39, 0.29) is 11.8 Å². The first-order valence-corrected chi connectivity index (χ1v) is 8.60. The summed E-state index contributed by atoms with van der Waals surface area (Å²) in [6.07, 6.45) is 3.75. The second-order valence-electron chi connectivity index (χ2n) is 6.65. The zero-order valence-corrected chi connectivity index (χ0v) is 15.4. The number of hydrogen-bond acceptors (Lipinski definition) is 7. The van der Waals surface area contributed by atoms with Crippen molar-refractivity contribution in [3.05, 3.63) is 18.2 Å². The molecule has 0 saturated carbocycles. The number of nitrogens with one attached hydrogen (secondary N) is 1. The molecule has 26 heavy (non-hydrogen) atoms. The largest absolute Gasteiger partial charge is 0.468 e. The molecule has 1 aromatic heterocycles. The predicted molar refractivity (Wildman–Crippen MR) is 89.8 cm³/mol. The predicted octanol–water partition coefficient (Wildman–Crippen LogP) is -0.273. The summed E-state index contributed by atoms with van der Waals surface area (Å²) in [4.78, 5) is 43.7. The fraction of sp³-hybridized carbons (Fsp3) is 0.647. The average Bonchev–Trinajstić information content (AvgIpc) is 3.31. The van der Waals surface area contributed by atoms with Crippen LogP contribution >= 0.6 is 0 Å². The Kier molecular flexibility index (Phi) is 4.85. The topological polar surface area (TPSA) is 103 Å². The van der Waals surface area contributed by atoms with Crippen molar-refractivity contribution in [1.82, 2.24) is 19.8 Å². The van der Waals surface area contributed by atoms with E-state index in [1.807, 2.05) is 4.57 Å². The monoisotopic (exact) mass is 364 g/mol. The highest BCUT2D eigenvalue weighted by atomic mass is 16.5. The van der Waals surface area contributed by atoms with Gasteiger partial charge in [-0.05, 0) is 6.42 Å². The number of hydrogen-bond donors (Lipinski definition) is 1. The number of fused-ring (bicyclic) bond motifs is 1. The summed E-state index contributed by atoms with van der Waals surface area (Å²) in [6.45, 7) is 2.83. The number of imidazole rings is 1. The van der Waals surface area contributed by atoms with Crippen molar-refractivity contribution in [2.75, 3.05) is 27.9 Å². The Bertz CT molecular complexity index is 732. The first-order valence-electron chi connectivity index (χ1n) is 8.60. The van der Waals surface area contributed by atoms with Crippen molar-refractivity contribution in [3.8, 4) is 0 Å². The Balaban J connectivity index is 2.08. The van der Waals surface area contributed by atoms with Gasteiger partial charge in [-0.2, -0.15) is 0 Å². The first-order chi connectivity index (χ1) is 12.4. The Morgan fingerprint density at radius 1 is 1.35 bits per heavy atom. The highest BCUT2D eigenvalue weighted by molar-refractivity contribution is 6.09. The maximum absolute atomic E-state index is 12.8. The Morgan fingerprint density at radius 3 is 2.69 bits per heavy atom. The van der Waals surface area contributed by atoms with E-state index in [0.29, 0.717) is 25.4 Å². The normalized spacial score (nSPS) is 30.8. The molecular weight excluding hydrogens is 340 g/mol. The van der Waals surface area contributed by atoms with Crippen LogP contribution in [0.5, 0.6) is 0 Å². The van der Waals surface area contributed by atoms with Gasteiger partial charge in [0.05, 0.1) is 31.6 Å². The maximum atomic E-state index is 12.8. The minimum atomic E-state index is -1.25. The lowest BCUT2D eigenvalue weighted by Gasteiger charge is -2.30. The van der Waals surface area contributed by atoms with Gasteiger partial charge >= 0.3 is 5.97 Å². The van der Waals surface area contributed by atoms with E-state index in [1.54, 1.807) is 26.4 Å². The van der Waals surface area contributed by atoms with E-state index in [9.17, 15) is 14.4 Å². The van der Waals surface area contributed by atoms with E-state index < -0.39 is 29.4 Å². The number of imide groups is 1. The molecule has 0 aliphatic carbocycles.